The molecule has 0 bridgehead atoms. The first-order valence-electron chi connectivity index (χ1n) is 8.70. The van der Waals surface area contributed by atoms with Crippen molar-refractivity contribution < 1.29 is 4.74 Å². The van der Waals surface area contributed by atoms with Gasteiger partial charge in [0.2, 0.25) is 0 Å². The summed E-state index contributed by atoms with van der Waals surface area (Å²) in [6, 6.07) is 1.27. The third kappa shape index (κ3) is 21.4. The minimum absolute atomic E-state index is 0.726. The number of rotatable bonds is 16. The van der Waals surface area contributed by atoms with Gasteiger partial charge in [0.1, 0.15) is 0 Å². The molecule has 0 unspecified atom stereocenters. The molecule has 132 valence electrons. The molecule has 0 aliphatic carbocycles. The molecule has 0 N–H and O–H groups in total. The van der Waals surface area contributed by atoms with Gasteiger partial charge in [0.25, 0.3) is 3.93 Å². The van der Waals surface area contributed by atoms with Gasteiger partial charge in [0.15, 0.2) is 0 Å². The molecule has 5 heteroatoms. The summed E-state index contributed by atoms with van der Waals surface area (Å²) in [7, 11) is 0. The van der Waals surface area contributed by atoms with E-state index in [-0.39, 0.29) is 0 Å². The second-order valence-electron chi connectivity index (χ2n) is 6.26. The lowest BCUT2D eigenvalue weighted by Gasteiger charge is -2.08. The van der Waals surface area contributed by atoms with Crippen molar-refractivity contribution in [1.82, 2.24) is 0 Å². The van der Waals surface area contributed by atoms with E-state index in [1.54, 1.807) is 0 Å². The number of unbranched alkanes of at least 4 members (excludes halogenated alkanes) is 10. The maximum absolute atomic E-state index is 5.50. The lowest BCUT2D eigenvalue weighted by atomic mass is 10.1. The number of ether oxygens (including phenoxy) is 1. The second kappa shape index (κ2) is 15.9. The maximum atomic E-state index is 5.50. The first kappa shape index (κ1) is 23.4. The Morgan fingerprint density at radius 1 is 0.773 bits per heavy atom. The van der Waals surface area contributed by atoms with E-state index in [1.807, 2.05) is 6.92 Å². The summed E-state index contributed by atoms with van der Waals surface area (Å²) in [4.78, 5) is 0. The third-order valence-corrected chi connectivity index (χ3v) is 8.09. The summed E-state index contributed by atoms with van der Waals surface area (Å²) in [5, 5.41) is 0. The Bertz CT molecular complexity index is 267. The van der Waals surface area contributed by atoms with Crippen molar-refractivity contribution in [2.75, 3.05) is 13.2 Å². The smallest absolute Gasteiger partial charge is 0.267 e. The normalized spacial score (nSPS) is 11.8. The summed E-state index contributed by atoms with van der Waals surface area (Å²) < 4.78 is 4.16. The Morgan fingerprint density at radius 3 is 1.59 bits per heavy atom. The summed E-state index contributed by atoms with van der Waals surface area (Å²) in [5.74, 6) is 0. The van der Waals surface area contributed by atoms with Gasteiger partial charge in [-0.05, 0) is 19.4 Å². The largest absolute Gasteiger partial charge is 0.377 e. The Morgan fingerprint density at radius 2 is 1.18 bits per heavy atom. The van der Waals surface area contributed by atoms with Gasteiger partial charge < -0.3 is 4.74 Å². The first-order chi connectivity index (χ1) is 10.4. The Hall–Kier alpha value is 1.36. The zero-order valence-electron chi connectivity index (χ0n) is 14.1. The topological polar surface area (TPSA) is 9.23 Å². The summed E-state index contributed by atoms with van der Waals surface area (Å²) in [6.07, 6.45) is 15.0. The number of hydrogen-bond acceptors (Lipinski definition) is 1. The van der Waals surface area contributed by atoms with Crippen molar-refractivity contribution in [1.29, 1.82) is 0 Å². The minimum atomic E-state index is -1.34. The van der Waals surface area contributed by atoms with E-state index in [2.05, 4.69) is 52.5 Å². The molecule has 0 radical (unpaired) electrons. The van der Waals surface area contributed by atoms with Crippen LogP contribution in [0, 0.1) is 0 Å². The standard InChI is InChI=1S/C17H33Br3OSi/c1-17(2)16-21-14-12-10-8-6-4-3-5-7-9-11-13-15-22(18,19)20/h1,3-16H2,2H3. The van der Waals surface area contributed by atoms with E-state index in [9.17, 15) is 0 Å². The molecule has 22 heavy (non-hydrogen) atoms. The van der Waals surface area contributed by atoms with Crippen LogP contribution in [0.25, 0.3) is 0 Å². The van der Waals surface area contributed by atoms with Gasteiger partial charge in [-0.15, -0.1) is 0 Å². The van der Waals surface area contributed by atoms with Crippen LogP contribution >= 0.6 is 45.9 Å². The summed E-state index contributed by atoms with van der Waals surface area (Å²) in [6.45, 7) is 7.47. The summed E-state index contributed by atoms with van der Waals surface area (Å²) >= 11 is 11.0. The highest BCUT2D eigenvalue weighted by Gasteiger charge is 2.20. The van der Waals surface area contributed by atoms with E-state index in [1.165, 1.54) is 76.7 Å². The fourth-order valence-electron chi connectivity index (χ4n) is 2.37. The Balaban J connectivity index is 3.04. The molecule has 0 aliphatic rings. The third-order valence-electron chi connectivity index (χ3n) is 3.60. The van der Waals surface area contributed by atoms with Crippen molar-refractivity contribution in [2.24, 2.45) is 0 Å². The molecular weight excluding hydrogens is 488 g/mol. The van der Waals surface area contributed by atoms with E-state index in [0.29, 0.717) is 0 Å². The lowest BCUT2D eigenvalue weighted by molar-refractivity contribution is 0.151. The first-order valence-corrected chi connectivity index (χ1v) is 17.7. The van der Waals surface area contributed by atoms with Crippen molar-refractivity contribution in [3.8, 4) is 0 Å². The summed E-state index contributed by atoms with van der Waals surface area (Å²) in [5.41, 5.74) is 1.12. The number of halogens is 3. The van der Waals surface area contributed by atoms with Crippen molar-refractivity contribution in [3.05, 3.63) is 12.2 Å². The monoisotopic (exact) mass is 518 g/mol. The van der Waals surface area contributed by atoms with Gasteiger partial charge in [0.05, 0.1) is 6.61 Å². The van der Waals surface area contributed by atoms with Crippen LogP contribution in [0.15, 0.2) is 12.2 Å². The fourth-order valence-corrected chi connectivity index (χ4v) is 5.54. The van der Waals surface area contributed by atoms with E-state index < -0.39 is 3.93 Å². The molecule has 0 heterocycles. The van der Waals surface area contributed by atoms with Gasteiger partial charge in [0, 0.05) is 6.61 Å². The average Bonchev–Trinajstić information content (AvgIpc) is 2.41. The molecule has 0 amide bonds. The van der Waals surface area contributed by atoms with Crippen LogP contribution < -0.4 is 0 Å². The molecule has 0 rings (SSSR count). The highest BCUT2D eigenvalue weighted by molar-refractivity contribution is 9.72. The second-order valence-corrected chi connectivity index (χ2v) is 29.8. The van der Waals surface area contributed by atoms with E-state index >= 15 is 0 Å². The molecule has 0 aromatic rings. The fraction of sp³-hybridized carbons (Fsp3) is 0.882. The zero-order chi connectivity index (χ0) is 16.7. The molecule has 0 spiro atoms. The van der Waals surface area contributed by atoms with Crippen LogP contribution in [0.5, 0.6) is 0 Å². The van der Waals surface area contributed by atoms with Crippen LogP contribution in [-0.4, -0.2) is 17.1 Å². The molecular formula is C17H33Br3OSi. The van der Waals surface area contributed by atoms with Gasteiger partial charge in [-0.1, -0.05) is 122 Å². The molecule has 0 atom stereocenters. The van der Waals surface area contributed by atoms with Crippen LogP contribution in [0.1, 0.15) is 77.6 Å². The van der Waals surface area contributed by atoms with Crippen molar-refractivity contribution >= 4 is 49.8 Å². The highest BCUT2D eigenvalue weighted by atomic mass is 80.0. The van der Waals surface area contributed by atoms with Crippen LogP contribution in [0.4, 0.5) is 0 Å². The Kier molecular flexibility index (Phi) is 16.8. The average molecular weight is 521 g/mol. The maximum Gasteiger partial charge on any atom is 0.267 e. The molecule has 0 saturated carbocycles. The van der Waals surface area contributed by atoms with Crippen LogP contribution in [0.3, 0.4) is 0 Å². The molecule has 0 saturated heterocycles. The van der Waals surface area contributed by atoms with Gasteiger partial charge >= 0.3 is 0 Å². The zero-order valence-corrected chi connectivity index (χ0v) is 19.9. The predicted molar refractivity (Wildman–Crippen MR) is 114 cm³/mol. The lowest BCUT2D eigenvalue weighted by Crippen LogP contribution is -2.04. The van der Waals surface area contributed by atoms with Gasteiger partial charge in [-0.3, -0.25) is 0 Å². The van der Waals surface area contributed by atoms with E-state index in [0.717, 1.165) is 18.8 Å². The Labute approximate surface area is 162 Å². The SMILES string of the molecule is C=C(C)COCCCCCCCCCCCCC[Si](Br)(Br)Br. The quantitative estimate of drug-likeness (QED) is 0.0866. The van der Waals surface area contributed by atoms with E-state index in [4.69, 9.17) is 4.74 Å². The van der Waals surface area contributed by atoms with Crippen molar-refractivity contribution in [3.63, 3.8) is 0 Å². The van der Waals surface area contributed by atoms with Crippen LogP contribution in [-0.2, 0) is 4.74 Å². The van der Waals surface area contributed by atoms with Crippen molar-refractivity contribution in [2.45, 2.75) is 83.6 Å². The van der Waals surface area contributed by atoms with Gasteiger partial charge in [-0.25, -0.2) is 0 Å². The predicted octanol–water partition coefficient (Wildman–Crippen LogP) is 7.99. The molecule has 0 aliphatic heterocycles. The molecule has 0 aromatic carbocycles. The van der Waals surface area contributed by atoms with Crippen LogP contribution in [0.2, 0.25) is 6.04 Å². The molecule has 0 fully saturated rings. The minimum Gasteiger partial charge on any atom is -0.377 e. The number of hydrogen-bond donors (Lipinski definition) is 0. The molecule has 0 aromatic heterocycles. The molecule has 1 nitrogen and oxygen atoms in total. The highest BCUT2D eigenvalue weighted by Crippen LogP contribution is 2.33. The van der Waals surface area contributed by atoms with Gasteiger partial charge in [-0.2, -0.15) is 0 Å².